The maximum absolute atomic E-state index is 4.29. The second-order valence-corrected chi connectivity index (χ2v) is 6.47. The number of hydrogen-bond acceptors (Lipinski definition) is 2. The van der Waals surface area contributed by atoms with Crippen LogP contribution in [0.25, 0.3) is 0 Å². The van der Waals surface area contributed by atoms with Crippen molar-refractivity contribution in [2.75, 3.05) is 13.6 Å². The van der Waals surface area contributed by atoms with Crippen LogP contribution in [-0.4, -0.2) is 29.3 Å². The fraction of sp³-hybridized carbons (Fsp3) is 0.474. The second kappa shape index (κ2) is 9.11. The van der Waals surface area contributed by atoms with E-state index < -0.39 is 0 Å². The summed E-state index contributed by atoms with van der Waals surface area (Å²) in [5.41, 5.74) is 2.65. The lowest BCUT2D eigenvalue weighted by molar-refractivity contribution is 0.591. The Balaban J connectivity index is 1.83. The van der Waals surface area contributed by atoms with E-state index in [0.717, 1.165) is 25.5 Å². The van der Waals surface area contributed by atoms with Crippen LogP contribution in [0.15, 0.2) is 47.7 Å². The Bertz CT molecular complexity index is 614. The van der Waals surface area contributed by atoms with E-state index in [4.69, 9.17) is 0 Å². The predicted molar refractivity (Wildman–Crippen MR) is 100 cm³/mol. The summed E-state index contributed by atoms with van der Waals surface area (Å²) in [5.74, 6) is 1.49. The quantitative estimate of drug-likeness (QED) is 0.607. The van der Waals surface area contributed by atoms with Crippen LogP contribution in [-0.2, 0) is 13.0 Å². The summed E-state index contributed by atoms with van der Waals surface area (Å²) in [6.07, 6.45) is 4.87. The van der Waals surface area contributed by atoms with Crippen molar-refractivity contribution >= 4 is 5.96 Å². The van der Waals surface area contributed by atoms with Gasteiger partial charge in [-0.3, -0.25) is 9.67 Å². The van der Waals surface area contributed by atoms with Crippen LogP contribution in [0.5, 0.6) is 0 Å². The minimum absolute atomic E-state index is 0.203. The molecule has 24 heavy (non-hydrogen) atoms. The first-order valence-corrected chi connectivity index (χ1v) is 8.62. The van der Waals surface area contributed by atoms with Crippen LogP contribution in [0.2, 0.25) is 0 Å². The summed E-state index contributed by atoms with van der Waals surface area (Å²) in [5, 5.41) is 10.9. The van der Waals surface area contributed by atoms with Crippen LogP contribution in [0.1, 0.15) is 37.9 Å². The van der Waals surface area contributed by atoms with Gasteiger partial charge in [0.05, 0.1) is 12.6 Å². The maximum atomic E-state index is 4.29. The molecule has 0 aliphatic heterocycles. The van der Waals surface area contributed by atoms with E-state index in [0.29, 0.717) is 5.92 Å². The minimum atomic E-state index is 0.203. The molecule has 0 bridgehead atoms. The number of guanidine groups is 1. The SMILES string of the molecule is CN=C(NCCn1cccn1)NC(C)c1ccc(CC(C)C)cc1. The van der Waals surface area contributed by atoms with Crippen LogP contribution >= 0.6 is 0 Å². The summed E-state index contributed by atoms with van der Waals surface area (Å²) in [7, 11) is 1.79. The Morgan fingerprint density at radius 3 is 2.54 bits per heavy atom. The molecular formula is C19H29N5. The molecule has 2 rings (SSSR count). The van der Waals surface area contributed by atoms with E-state index in [1.165, 1.54) is 11.1 Å². The van der Waals surface area contributed by atoms with Gasteiger partial charge >= 0.3 is 0 Å². The first-order chi connectivity index (χ1) is 11.6. The van der Waals surface area contributed by atoms with E-state index in [1.54, 1.807) is 13.2 Å². The Kier molecular flexibility index (Phi) is 6.85. The smallest absolute Gasteiger partial charge is 0.191 e. The van der Waals surface area contributed by atoms with Crippen molar-refractivity contribution < 1.29 is 0 Å². The average Bonchev–Trinajstić information content (AvgIpc) is 3.07. The third kappa shape index (κ3) is 5.72. The van der Waals surface area contributed by atoms with Gasteiger partial charge in [0, 0.05) is 26.0 Å². The summed E-state index contributed by atoms with van der Waals surface area (Å²) in [6.45, 7) is 8.24. The topological polar surface area (TPSA) is 54.2 Å². The van der Waals surface area contributed by atoms with Gasteiger partial charge in [0.15, 0.2) is 5.96 Å². The zero-order chi connectivity index (χ0) is 17.4. The molecule has 130 valence electrons. The van der Waals surface area contributed by atoms with Crippen molar-refractivity contribution in [3.63, 3.8) is 0 Å². The molecule has 2 aromatic rings. The van der Waals surface area contributed by atoms with Gasteiger partial charge in [-0.1, -0.05) is 38.1 Å². The first-order valence-electron chi connectivity index (χ1n) is 8.62. The summed E-state index contributed by atoms with van der Waals surface area (Å²) >= 11 is 0. The molecule has 0 amide bonds. The van der Waals surface area contributed by atoms with Gasteiger partial charge in [0.2, 0.25) is 0 Å². The molecule has 0 spiro atoms. The number of rotatable bonds is 7. The van der Waals surface area contributed by atoms with Gasteiger partial charge in [-0.2, -0.15) is 5.10 Å². The van der Waals surface area contributed by atoms with Crippen LogP contribution < -0.4 is 10.6 Å². The van der Waals surface area contributed by atoms with Gasteiger partial charge < -0.3 is 10.6 Å². The molecule has 0 saturated carbocycles. The minimum Gasteiger partial charge on any atom is -0.355 e. The first kappa shape index (κ1) is 18.0. The molecule has 1 heterocycles. The van der Waals surface area contributed by atoms with E-state index in [1.807, 2.05) is 16.9 Å². The molecule has 0 fully saturated rings. The normalized spacial score (nSPS) is 13.1. The molecule has 1 atom stereocenters. The molecule has 2 N–H and O–H groups in total. The largest absolute Gasteiger partial charge is 0.355 e. The van der Waals surface area contributed by atoms with Crippen molar-refractivity contribution in [1.82, 2.24) is 20.4 Å². The summed E-state index contributed by atoms with van der Waals surface area (Å²) < 4.78 is 1.90. The Labute approximate surface area is 145 Å². The van der Waals surface area contributed by atoms with Crippen LogP contribution in [0, 0.1) is 5.92 Å². The molecule has 0 radical (unpaired) electrons. The molecule has 0 saturated heterocycles. The number of nitrogens with one attached hydrogen (secondary N) is 2. The molecular weight excluding hydrogens is 298 g/mol. The third-order valence-electron chi connectivity index (χ3n) is 3.89. The Hall–Kier alpha value is -2.30. The predicted octanol–water partition coefficient (Wildman–Crippen LogP) is 3.01. The lowest BCUT2D eigenvalue weighted by atomic mass is 10.00. The van der Waals surface area contributed by atoms with Gasteiger partial charge in [0.25, 0.3) is 0 Å². The maximum Gasteiger partial charge on any atom is 0.191 e. The molecule has 1 unspecified atom stereocenters. The molecule has 0 aliphatic rings. The van der Waals surface area contributed by atoms with Crippen molar-refractivity contribution in [2.24, 2.45) is 10.9 Å². The van der Waals surface area contributed by atoms with E-state index in [-0.39, 0.29) is 6.04 Å². The summed E-state index contributed by atoms with van der Waals surface area (Å²) in [6, 6.07) is 11.0. The lowest BCUT2D eigenvalue weighted by Crippen LogP contribution is -2.40. The Morgan fingerprint density at radius 2 is 1.96 bits per heavy atom. The standard InChI is InChI=1S/C19H29N5/c1-15(2)14-17-6-8-18(9-7-17)16(3)23-19(20-4)21-11-13-24-12-5-10-22-24/h5-10,12,15-16H,11,13-14H2,1-4H3,(H2,20,21,23). The Morgan fingerprint density at radius 1 is 1.21 bits per heavy atom. The fourth-order valence-corrected chi connectivity index (χ4v) is 2.62. The van der Waals surface area contributed by atoms with Crippen molar-refractivity contribution in [3.8, 4) is 0 Å². The summed E-state index contributed by atoms with van der Waals surface area (Å²) in [4.78, 5) is 4.29. The van der Waals surface area contributed by atoms with Gasteiger partial charge in [0.1, 0.15) is 0 Å². The molecule has 5 heteroatoms. The lowest BCUT2D eigenvalue weighted by Gasteiger charge is -2.19. The number of benzene rings is 1. The van der Waals surface area contributed by atoms with E-state index >= 15 is 0 Å². The zero-order valence-electron chi connectivity index (χ0n) is 15.2. The number of aromatic nitrogens is 2. The highest BCUT2D eigenvalue weighted by Gasteiger charge is 2.08. The van der Waals surface area contributed by atoms with Gasteiger partial charge in [-0.15, -0.1) is 0 Å². The number of hydrogen-bond donors (Lipinski definition) is 2. The van der Waals surface area contributed by atoms with Crippen molar-refractivity contribution in [3.05, 3.63) is 53.9 Å². The average molecular weight is 327 g/mol. The molecule has 1 aromatic carbocycles. The number of aliphatic imine (C=N–C) groups is 1. The third-order valence-corrected chi connectivity index (χ3v) is 3.89. The van der Waals surface area contributed by atoms with Crippen molar-refractivity contribution in [2.45, 2.75) is 39.8 Å². The molecule has 5 nitrogen and oxygen atoms in total. The van der Waals surface area contributed by atoms with Crippen molar-refractivity contribution in [1.29, 1.82) is 0 Å². The second-order valence-electron chi connectivity index (χ2n) is 6.47. The fourth-order valence-electron chi connectivity index (χ4n) is 2.62. The molecule has 1 aromatic heterocycles. The number of nitrogens with zero attached hydrogens (tertiary/aromatic N) is 3. The van der Waals surface area contributed by atoms with Crippen LogP contribution in [0.4, 0.5) is 0 Å². The highest BCUT2D eigenvalue weighted by molar-refractivity contribution is 5.80. The van der Waals surface area contributed by atoms with Gasteiger partial charge in [-0.25, -0.2) is 0 Å². The zero-order valence-corrected chi connectivity index (χ0v) is 15.2. The molecule has 0 aliphatic carbocycles. The van der Waals surface area contributed by atoms with Crippen LogP contribution in [0.3, 0.4) is 0 Å². The van der Waals surface area contributed by atoms with E-state index in [9.17, 15) is 0 Å². The highest BCUT2D eigenvalue weighted by atomic mass is 15.3. The van der Waals surface area contributed by atoms with E-state index in [2.05, 4.69) is 65.8 Å². The highest BCUT2D eigenvalue weighted by Crippen LogP contribution is 2.15. The van der Waals surface area contributed by atoms with Gasteiger partial charge in [-0.05, 0) is 36.5 Å². The monoisotopic (exact) mass is 327 g/mol.